The lowest BCUT2D eigenvalue weighted by Crippen LogP contribution is -1.86. The van der Waals surface area contributed by atoms with Crippen LogP contribution < -0.4 is 0 Å². The first-order valence-electron chi connectivity index (χ1n) is 5.78. The van der Waals surface area contributed by atoms with E-state index in [9.17, 15) is 0 Å². The molecule has 1 nitrogen and oxygen atoms in total. The minimum absolute atomic E-state index is 0.615. The number of benzene rings is 2. The van der Waals surface area contributed by atoms with Crippen molar-refractivity contribution in [3.63, 3.8) is 0 Å². The van der Waals surface area contributed by atoms with Gasteiger partial charge in [-0.15, -0.1) is 11.8 Å². The number of hydrogen-bond acceptors (Lipinski definition) is 2. The molecule has 0 spiro atoms. The lowest BCUT2D eigenvalue weighted by Gasteiger charge is -2.08. The lowest BCUT2D eigenvalue weighted by atomic mass is 10.0. The second-order valence-electron chi connectivity index (χ2n) is 3.88. The molecule has 0 amide bonds. The maximum atomic E-state index is 9.09. The van der Waals surface area contributed by atoms with E-state index in [1.165, 1.54) is 0 Å². The predicted molar refractivity (Wildman–Crippen MR) is 83.0 cm³/mol. The van der Waals surface area contributed by atoms with E-state index in [1.54, 1.807) is 17.8 Å². The Kier molecular flexibility index (Phi) is 4.76. The highest BCUT2D eigenvalue weighted by Crippen LogP contribution is 2.33. The van der Waals surface area contributed by atoms with Crippen molar-refractivity contribution in [1.29, 1.82) is 5.26 Å². The third-order valence-electron chi connectivity index (χ3n) is 2.64. The fraction of sp³-hybridized carbons (Fsp3) is 0.133. The molecule has 19 heavy (non-hydrogen) atoms. The Balaban J connectivity index is 2.51. The van der Waals surface area contributed by atoms with E-state index in [1.807, 2.05) is 30.3 Å². The molecule has 2 rings (SSSR count). The molecule has 0 bridgehead atoms. The van der Waals surface area contributed by atoms with Gasteiger partial charge in [0.15, 0.2) is 0 Å². The number of hydrogen-bond donors (Lipinski definition) is 0. The minimum atomic E-state index is 0.615. The van der Waals surface area contributed by atoms with E-state index in [-0.39, 0.29) is 0 Å². The van der Waals surface area contributed by atoms with Gasteiger partial charge in [-0.3, -0.25) is 0 Å². The van der Waals surface area contributed by atoms with Crippen LogP contribution in [0.15, 0.2) is 41.3 Å². The molecule has 96 valence electrons. The van der Waals surface area contributed by atoms with Crippen molar-refractivity contribution in [2.24, 2.45) is 0 Å². The van der Waals surface area contributed by atoms with Crippen LogP contribution in [0.3, 0.4) is 0 Å². The highest BCUT2D eigenvalue weighted by molar-refractivity contribution is 7.99. The fourth-order valence-electron chi connectivity index (χ4n) is 1.78. The normalized spacial score (nSPS) is 10.2. The molecule has 0 fully saturated rings. The molecule has 0 aliphatic carbocycles. The quantitative estimate of drug-likeness (QED) is 0.685. The summed E-state index contributed by atoms with van der Waals surface area (Å²) in [6.45, 7) is 2.06. The van der Waals surface area contributed by atoms with Crippen LogP contribution in [0, 0.1) is 11.3 Å². The summed E-state index contributed by atoms with van der Waals surface area (Å²) in [5, 5.41) is 10.3. The number of halogens is 2. The summed E-state index contributed by atoms with van der Waals surface area (Å²) in [6.07, 6.45) is 0. The van der Waals surface area contributed by atoms with Gasteiger partial charge >= 0.3 is 0 Å². The molecular weight excluding hydrogens is 297 g/mol. The Hall–Kier alpha value is -1.14. The highest BCUT2D eigenvalue weighted by atomic mass is 35.5. The first-order valence-corrected chi connectivity index (χ1v) is 7.52. The van der Waals surface area contributed by atoms with Crippen LogP contribution in [-0.2, 0) is 0 Å². The summed E-state index contributed by atoms with van der Waals surface area (Å²) in [7, 11) is 0. The van der Waals surface area contributed by atoms with Gasteiger partial charge in [0.05, 0.1) is 5.56 Å². The largest absolute Gasteiger partial charge is 0.192 e. The van der Waals surface area contributed by atoms with Crippen LogP contribution in [0.1, 0.15) is 12.5 Å². The monoisotopic (exact) mass is 307 g/mol. The third kappa shape index (κ3) is 3.25. The first-order chi connectivity index (χ1) is 9.15. The molecule has 0 atom stereocenters. The van der Waals surface area contributed by atoms with Crippen molar-refractivity contribution in [2.75, 3.05) is 5.75 Å². The van der Waals surface area contributed by atoms with Crippen LogP contribution in [-0.4, -0.2) is 5.75 Å². The molecule has 2 aromatic carbocycles. The topological polar surface area (TPSA) is 23.8 Å². The van der Waals surface area contributed by atoms with Crippen LogP contribution in [0.25, 0.3) is 11.1 Å². The Bertz CT molecular complexity index is 647. The van der Waals surface area contributed by atoms with E-state index in [0.29, 0.717) is 15.6 Å². The molecule has 0 aliphatic heterocycles. The standard InChI is InChI=1S/C15H11Cl2NS/c1-2-19-15-7-10(3-4-11(15)9-18)13-6-5-12(16)8-14(13)17/h3-8H,2H2,1H3. The van der Waals surface area contributed by atoms with Crippen molar-refractivity contribution in [3.05, 3.63) is 52.0 Å². The number of rotatable bonds is 3. The molecule has 4 heteroatoms. The number of thioether (sulfide) groups is 1. The van der Waals surface area contributed by atoms with Gasteiger partial charge in [0, 0.05) is 20.5 Å². The van der Waals surface area contributed by atoms with Gasteiger partial charge in [-0.05, 0) is 35.6 Å². The van der Waals surface area contributed by atoms with E-state index in [0.717, 1.165) is 21.8 Å². The van der Waals surface area contributed by atoms with Gasteiger partial charge in [-0.1, -0.05) is 42.3 Å². The maximum absolute atomic E-state index is 9.09. The van der Waals surface area contributed by atoms with Crippen LogP contribution in [0.5, 0.6) is 0 Å². The van der Waals surface area contributed by atoms with Gasteiger partial charge in [-0.25, -0.2) is 0 Å². The van der Waals surface area contributed by atoms with Crippen LogP contribution in [0.4, 0.5) is 0 Å². The Morgan fingerprint density at radius 2 is 1.95 bits per heavy atom. The predicted octanol–water partition coefficient (Wildman–Crippen LogP) is 5.64. The summed E-state index contributed by atoms with van der Waals surface area (Å²) in [5.41, 5.74) is 2.62. The second-order valence-corrected chi connectivity index (χ2v) is 6.03. The van der Waals surface area contributed by atoms with Crippen molar-refractivity contribution in [1.82, 2.24) is 0 Å². The summed E-state index contributed by atoms with van der Waals surface area (Å²) >= 11 is 13.8. The SMILES string of the molecule is CCSc1cc(-c2ccc(Cl)cc2Cl)ccc1C#N. The average molecular weight is 308 g/mol. The highest BCUT2D eigenvalue weighted by Gasteiger charge is 2.08. The molecule has 0 N–H and O–H groups in total. The lowest BCUT2D eigenvalue weighted by molar-refractivity contribution is 1.35. The van der Waals surface area contributed by atoms with Crippen molar-refractivity contribution < 1.29 is 0 Å². The van der Waals surface area contributed by atoms with E-state index in [4.69, 9.17) is 28.5 Å². The van der Waals surface area contributed by atoms with Crippen molar-refractivity contribution in [3.8, 4) is 17.2 Å². The fourth-order valence-corrected chi connectivity index (χ4v) is 3.09. The second kappa shape index (κ2) is 6.34. The molecule has 0 heterocycles. The van der Waals surface area contributed by atoms with Crippen molar-refractivity contribution in [2.45, 2.75) is 11.8 Å². The summed E-state index contributed by atoms with van der Waals surface area (Å²) in [6, 6.07) is 13.4. The first kappa shape index (κ1) is 14.3. The molecule has 0 saturated heterocycles. The molecular formula is C15H11Cl2NS. The molecule has 2 aromatic rings. The van der Waals surface area contributed by atoms with E-state index in [2.05, 4.69) is 13.0 Å². The van der Waals surface area contributed by atoms with Gasteiger partial charge in [0.1, 0.15) is 6.07 Å². The van der Waals surface area contributed by atoms with Crippen LogP contribution in [0.2, 0.25) is 10.0 Å². The number of nitrogens with zero attached hydrogens (tertiary/aromatic N) is 1. The average Bonchev–Trinajstić information content (AvgIpc) is 2.39. The molecule has 0 saturated carbocycles. The van der Waals surface area contributed by atoms with Gasteiger partial charge in [0.2, 0.25) is 0 Å². The minimum Gasteiger partial charge on any atom is -0.192 e. The van der Waals surface area contributed by atoms with Gasteiger partial charge in [-0.2, -0.15) is 5.26 Å². The van der Waals surface area contributed by atoms with Crippen molar-refractivity contribution >= 4 is 35.0 Å². The smallest absolute Gasteiger partial charge is 0.100 e. The summed E-state index contributed by atoms with van der Waals surface area (Å²) < 4.78 is 0. The van der Waals surface area contributed by atoms with Crippen LogP contribution >= 0.6 is 35.0 Å². The molecule has 0 aromatic heterocycles. The zero-order valence-corrected chi connectivity index (χ0v) is 12.6. The van der Waals surface area contributed by atoms with Gasteiger partial charge < -0.3 is 0 Å². The zero-order valence-electron chi connectivity index (χ0n) is 10.3. The Morgan fingerprint density at radius 1 is 1.16 bits per heavy atom. The molecule has 0 unspecified atom stereocenters. The summed E-state index contributed by atoms with van der Waals surface area (Å²) in [4.78, 5) is 0.980. The third-order valence-corrected chi connectivity index (χ3v) is 4.13. The zero-order chi connectivity index (χ0) is 13.8. The van der Waals surface area contributed by atoms with E-state index < -0.39 is 0 Å². The summed E-state index contributed by atoms with van der Waals surface area (Å²) in [5.74, 6) is 0.923. The molecule has 0 aliphatic rings. The molecule has 0 radical (unpaired) electrons. The number of nitriles is 1. The van der Waals surface area contributed by atoms with E-state index >= 15 is 0 Å². The maximum Gasteiger partial charge on any atom is 0.100 e. The van der Waals surface area contributed by atoms with Gasteiger partial charge in [0.25, 0.3) is 0 Å². The Labute approximate surface area is 127 Å². The Morgan fingerprint density at radius 3 is 2.58 bits per heavy atom.